The van der Waals surface area contributed by atoms with Crippen LogP contribution in [0.1, 0.15) is 40.5 Å². The first kappa shape index (κ1) is 22.6. The maximum Gasteiger partial charge on any atom is 0.250 e. The third-order valence-electron chi connectivity index (χ3n) is 4.72. The second-order valence-corrected chi connectivity index (χ2v) is 9.60. The molecule has 25 heavy (non-hydrogen) atoms. The van der Waals surface area contributed by atoms with Crippen molar-refractivity contribution >= 4 is 37.3 Å². The van der Waals surface area contributed by atoms with E-state index in [0.29, 0.717) is 18.2 Å². The lowest BCUT2D eigenvalue weighted by Crippen LogP contribution is -2.50. The molecule has 0 saturated heterocycles. The molecule has 1 aromatic rings. The van der Waals surface area contributed by atoms with E-state index in [4.69, 9.17) is 0 Å². The van der Waals surface area contributed by atoms with E-state index in [-0.39, 0.29) is 10.1 Å². The van der Waals surface area contributed by atoms with Gasteiger partial charge in [-0.3, -0.25) is 0 Å². The highest BCUT2D eigenvalue weighted by molar-refractivity contribution is 9.09. The van der Waals surface area contributed by atoms with Crippen molar-refractivity contribution in [3.8, 4) is 0 Å². The van der Waals surface area contributed by atoms with Crippen molar-refractivity contribution in [3.05, 3.63) is 41.3 Å². The molecule has 0 aromatic carbocycles. The van der Waals surface area contributed by atoms with Crippen LogP contribution in [0.3, 0.4) is 0 Å². The molecular formula is C18H28BrNO3S2. The molecule has 7 heteroatoms. The van der Waals surface area contributed by atoms with E-state index < -0.39 is 21.7 Å². The molecule has 1 rings (SSSR count). The standard InChI is InChI=1S/C18H28BrNO3S2/c1-5-14(3)18(21,6-2)15(4)16(10-7-8-12-19)20-25(22,23)17-11-9-13-24-17/h5,7-9,11,13,15-16,20-21H,6,10,12H2,1-4H3/b8-7+,14-5+/t15-,16?,18+/m0/s1. The Morgan fingerprint density at radius 2 is 2.16 bits per heavy atom. The Morgan fingerprint density at radius 1 is 1.48 bits per heavy atom. The fourth-order valence-electron chi connectivity index (χ4n) is 2.88. The molecule has 0 aliphatic rings. The molecule has 4 nitrogen and oxygen atoms in total. The predicted octanol–water partition coefficient (Wildman–Crippen LogP) is 4.48. The number of allylic oxidation sites excluding steroid dienone is 2. The van der Waals surface area contributed by atoms with Crippen LogP contribution in [0.2, 0.25) is 0 Å². The van der Waals surface area contributed by atoms with Crippen molar-refractivity contribution in [1.29, 1.82) is 0 Å². The van der Waals surface area contributed by atoms with Gasteiger partial charge in [-0.2, -0.15) is 0 Å². The second-order valence-electron chi connectivity index (χ2n) is 6.06. The summed E-state index contributed by atoms with van der Waals surface area (Å²) >= 11 is 4.52. The molecule has 0 bridgehead atoms. The number of rotatable bonds is 10. The number of thiophene rings is 1. The lowest BCUT2D eigenvalue weighted by atomic mass is 9.76. The fraction of sp³-hybridized carbons (Fsp3) is 0.556. The first-order chi connectivity index (χ1) is 11.7. The highest BCUT2D eigenvalue weighted by Gasteiger charge is 2.39. The van der Waals surface area contributed by atoms with E-state index in [2.05, 4.69) is 20.7 Å². The maximum absolute atomic E-state index is 12.7. The number of hydrogen-bond acceptors (Lipinski definition) is 4. The highest BCUT2D eigenvalue weighted by atomic mass is 79.9. The summed E-state index contributed by atoms with van der Waals surface area (Å²) in [5.74, 6) is -0.289. The van der Waals surface area contributed by atoms with Crippen LogP contribution in [0, 0.1) is 5.92 Å². The quantitative estimate of drug-likeness (QED) is 0.408. The Labute approximate surface area is 164 Å². The monoisotopic (exact) mass is 449 g/mol. The van der Waals surface area contributed by atoms with Crippen LogP contribution in [0.25, 0.3) is 0 Å². The van der Waals surface area contributed by atoms with Crippen molar-refractivity contribution in [2.75, 3.05) is 5.33 Å². The molecule has 142 valence electrons. The number of sulfonamides is 1. The first-order valence-electron chi connectivity index (χ1n) is 8.35. The Balaban J connectivity index is 3.17. The lowest BCUT2D eigenvalue weighted by Gasteiger charge is -2.39. The van der Waals surface area contributed by atoms with Gasteiger partial charge in [0, 0.05) is 17.3 Å². The number of alkyl halides is 1. The van der Waals surface area contributed by atoms with Crippen LogP contribution in [0.15, 0.2) is 45.5 Å². The molecule has 0 radical (unpaired) electrons. The van der Waals surface area contributed by atoms with Crippen LogP contribution in [0.5, 0.6) is 0 Å². The first-order valence-corrected chi connectivity index (χ1v) is 11.8. The van der Waals surface area contributed by atoms with E-state index in [1.165, 1.54) is 11.3 Å². The van der Waals surface area contributed by atoms with Gasteiger partial charge >= 0.3 is 0 Å². The second kappa shape index (κ2) is 10.0. The van der Waals surface area contributed by atoms with Gasteiger partial charge in [-0.1, -0.05) is 54.1 Å². The lowest BCUT2D eigenvalue weighted by molar-refractivity contribution is 0.00752. The average molecular weight is 450 g/mol. The molecule has 1 aromatic heterocycles. The number of halogens is 1. The molecule has 0 aliphatic carbocycles. The zero-order valence-electron chi connectivity index (χ0n) is 15.2. The molecule has 1 heterocycles. The van der Waals surface area contributed by atoms with Gasteiger partial charge in [0.25, 0.3) is 0 Å². The molecule has 0 aliphatic heterocycles. The Kier molecular flexibility index (Phi) is 9.04. The summed E-state index contributed by atoms with van der Waals surface area (Å²) in [5.41, 5.74) is -0.202. The summed E-state index contributed by atoms with van der Waals surface area (Å²) in [6, 6.07) is 2.89. The smallest absolute Gasteiger partial charge is 0.250 e. The average Bonchev–Trinajstić information content (AvgIpc) is 3.14. The van der Waals surface area contributed by atoms with Crippen LogP contribution < -0.4 is 4.72 Å². The van der Waals surface area contributed by atoms with Crippen molar-refractivity contribution in [1.82, 2.24) is 4.72 Å². The van der Waals surface area contributed by atoms with Gasteiger partial charge in [-0.15, -0.1) is 11.3 Å². The van der Waals surface area contributed by atoms with Gasteiger partial charge in [-0.05, 0) is 43.7 Å². The minimum atomic E-state index is -3.61. The minimum absolute atomic E-state index is 0.289. The summed E-state index contributed by atoms with van der Waals surface area (Å²) in [4.78, 5) is 0. The SMILES string of the molecule is C/C=C(\C)[C@](O)(CC)[C@@H](C)C(C/C=C/CBr)NS(=O)(=O)c1cccs1. The van der Waals surface area contributed by atoms with Crippen molar-refractivity contribution in [3.63, 3.8) is 0 Å². The van der Waals surface area contributed by atoms with Gasteiger partial charge in [0.1, 0.15) is 4.21 Å². The number of nitrogens with one attached hydrogen (secondary N) is 1. The molecule has 3 atom stereocenters. The number of hydrogen-bond donors (Lipinski definition) is 2. The van der Waals surface area contributed by atoms with Crippen LogP contribution in [-0.4, -0.2) is 30.5 Å². The summed E-state index contributed by atoms with van der Waals surface area (Å²) < 4.78 is 28.4. The van der Waals surface area contributed by atoms with Crippen molar-refractivity contribution < 1.29 is 13.5 Å². The largest absolute Gasteiger partial charge is 0.385 e. The topological polar surface area (TPSA) is 66.4 Å². The molecule has 0 saturated carbocycles. The summed E-state index contributed by atoms with van der Waals surface area (Å²) in [7, 11) is -3.61. The van der Waals surface area contributed by atoms with E-state index >= 15 is 0 Å². The highest BCUT2D eigenvalue weighted by Crippen LogP contribution is 2.33. The van der Waals surface area contributed by atoms with Gasteiger partial charge in [0.2, 0.25) is 10.0 Å². The molecular weight excluding hydrogens is 422 g/mol. The summed E-state index contributed by atoms with van der Waals surface area (Å²) in [6.45, 7) is 7.60. The summed E-state index contributed by atoms with van der Waals surface area (Å²) in [5, 5.41) is 13.6. The van der Waals surface area contributed by atoms with Crippen molar-refractivity contribution in [2.45, 2.75) is 56.4 Å². The van der Waals surface area contributed by atoms with E-state index in [0.717, 1.165) is 5.57 Å². The maximum atomic E-state index is 12.7. The fourth-order valence-corrected chi connectivity index (χ4v) is 5.48. The molecule has 0 fully saturated rings. The van der Waals surface area contributed by atoms with Crippen molar-refractivity contribution in [2.24, 2.45) is 5.92 Å². The Morgan fingerprint density at radius 3 is 2.64 bits per heavy atom. The van der Waals surface area contributed by atoms with Gasteiger partial charge < -0.3 is 5.11 Å². The van der Waals surface area contributed by atoms with Crippen LogP contribution in [-0.2, 0) is 10.0 Å². The zero-order valence-corrected chi connectivity index (χ0v) is 18.4. The predicted molar refractivity (Wildman–Crippen MR) is 110 cm³/mol. The molecule has 2 N–H and O–H groups in total. The minimum Gasteiger partial charge on any atom is -0.385 e. The van der Waals surface area contributed by atoms with E-state index in [9.17, 15) is 13.5 Å². The third-order valence-corrected chi connectivity index (χ3v) is 7.99. The van der Waals surface area contributed by atoms with Crippen LogP contribution in [0.4, 0.5) is 0 Å². The van der Waals surface area contributed by atoms with Crippen LogP contribution >= 0.6 is 27.3 Å². The molecule has 1 unspecified atom stereocenters. The van der Waals surface area contributed by atoms with Gasteiger partial charge in [0.05, 0.1) is 5.60 Å². The molecule has 0 spiro atoms. The van der Waals surface area contributed by atoms with E-state index in [1.807, 2.05) is 45.9 Å². The van der Waals surface area contributed by atoms with E-state index in [1.54, 1.807) is 17.5 Å². The Bertz CT molecular complexity index is 683. The normalized spacial score (nSPS) is 18.2. The van der Waals surface area contributed by atoms with Gasteiger partial charge in [0.15, 0.2) is 0 Å². The Hall–Kier alpha value is -0.470. The molecule has 0 amide bonds. The zero-order chi connectivity index (χ0) is 19.1. The summed E-state index contributed by atoms with van der Waals surface area (Å²) in [6.07, 6.45) is 6.79. The number of aliphatic hydroxyl groups is 1. The van der Waals surface area contributed by atoms with Gasteiger partial charge in [-0.25, -0.2) is 13.1 Å². The third kappa shape index (κ3) is 5.76.